The predicted octanol–water partition coefficient (Wildman–Crippen LogP) is 4.59. The smallest absolute Gasteiger partial charge is 0.168 e. The summed E-state index contributed by atoms with van der Waals surface area (Å²) < 4.78 is 31.0. The minimum Gasteiger partial charge on any atom is -0.487 e. The Bertz CT molecular complexity index is 1450. The molecule has 0 aliphatic rings. The van der Waals surface area contributed by atoms with E-state index in [1.165, 1.54) is 12.3 Å². The van der Waals surface area contributed by atoms with Crippen LogP contribution in [0.15, 0.2) is 54.3 Å². The summed E-state index contributed by atoms with van der Waals surface area (Å²) in [5.41, 5.74) is 4.77. The van der Waals surface area contributed by atoms with E-state index in [1.807, 2.05) is 49.0 Å². The molecule has 1 aromatic carbocycles. The monoisotopic (exact) mass is 468 g/mol. The Morgan fingerprint density at radius 2 is 2.03 bits per heavy atom. The van der Waals surface area contributed by atoms with E-state index >= 15 is 0 Å². The van der Waals surface area contributed by atoms with Gasteiger partial charge in [-0.1, -0.05) is 23.7 Å². The van der Waals surface area contributed by atoms with Gasteiger partial charge in [-0.25, -0.2) is 13.4 Å². The third kappa shape index (κ3) is 4.66. The van der Waals surface area contributed by atoms with E-state index in [0.29, 0.717) is 21.9 Å². The number of fused-ring (bicyclic) bond motifs is 1. The van der Waals surface area contributed by atoms with Gasteiger partial charge in [0.1, 0.15) is 17.9 Å². The van der Waals surface area contributed by atoms with Crippen molar-refractivity contribution in [3.8, 4) is 17.0 Å². The fourth-order valence-electron chi connectivity index (χ4n) is 3.44. The van der Waals surface area contributed by atoms with E-state index in [4.69, 9.17) is 21.3 Å². The van der Waals surface area contributed by atoms with Crippen LogP contribution in [0.1, 0.15) is 16.8 Å². The number of rotatable bonds is 6. The number of hydrogen-bond acceptors (Lipinski definition) is 6. The lowest BCUT2D eigenvalue weighted by Gasteiger charge is -2.14. The number of aryl methyl sites for hydroxylation is 2. The Morgan fingerprint density at radius 3 is 2.75 bits per heavy atom. The van der Waals surface area contributed by atoms with Crippen LogP contribution in [0, 0.1) is 6.92 Å². The second-order valence-corrected chi connectivity index (χ2v) is 9.75. The van der Waals surface area contributed by atoms with Crippen molar-refractivity contribution in [3.05, 3.63) is 76.2 Å². The lowest BCUT2D eigenvalue weighted by molar-refractivity contribution is 0.309. The highest BCUT2D eigenvalue weighted by Crippen LogP contribution is 2.33. The number of sulfone groups is 1. The molecule has 0 spiro atoms. The molecule has 0 aliphatic heterocycles. The molecule has 7 nitrogen and oxygen atoms in total. The van der Waals surface area contributed by atoms with Crippen molar-refractivity contribution in [2.75, 3.05) is 6.26 Å². The number of para-hydroxylation sites is 1. The van der Waals surface area contributed by atoms with Crippen LogP contribution < -0.4 is 4.74 Å². The van der Waals surface area contributed by atoms with Crippen molar-refractivity contribution in [1.29, 1.82) is 0 Å². The molecular weight excluding hydrogens is 448 g/mol. The second-order valence-electron chi connectivity index (χ2n) is 7.41. The first-order valence-electron chi connectivity index (χ1n) is 9.75. The van der Waals surface area contributed by atoms with Gasteiger partial charge in [-0.05, 0) is 31.2 Å². The number of pyridine rings is 2. The van der Waals surface area contributed by atoms with E-state index in [0.717, 1.165) is 39.5 Å². The highest BCUT2D eigenvalue weighted by atomic mass is 35.5. The van der Waals surface area contributed by atoms with Crippen LogP contribution in [0.2, 0.25) is 5.02 Å². The molecule has 0 amide bonds. The zero-order valence-corrected chi connectivity index (χ0v) is 19.4. The Morgan fingerprint density at radius 1 is 1.22 bits per heavy atom. The van der Waals surface area contributed by atoms with Gasteiger partial charge in [0.05, 0.1) is 10.7 Å². The zero-order valence-electron chi connectivity index (χ0n) is 17.8. The summed E-state index contributed by atoms with van der Waals surface area (Å²) in [6, 6.07) is 9.74. The molecule has 4 aromatic rings. The molecule has 0 saturated heterocycles. The van der Waals surface area contributed by atoms with Gasteiger partial charge in [0.2, 0.25) is 0 Å². The van der Waals surface area contributed by atoms with Crippen molar-refractivity contribution in [1.82, 2.24) is 19.7 Å². The molecular formula is C23H21ClN4O3S. The fraction of sp³-hybridized carbons (Fsp3) is 0.174. The van der Waals surface area contributed by atoms with E-state index in [1.54, 1.807) is 12.4 Å². The Hall–Kier alpha value is -3.23. The van der Waals surface area contributed by atoms with Crippen LogP contribution in [-0.2, 0) is 23.5 Å². The van der Waals surface area contributed by atoms with Crippen LogP contribution in [0.3, 0.4) is 0 Å². The number of ether oxygens (including phenoxy) is 1. The quantitative estimate of drug-likeness (QED) is 0.411. The van der Waals surface area contributed by atoms with Crippen LogP contribution >= 0.6 is 11.6 Å². The maximum atomic E-state index is 11.5. The third-order valence-electron chi connectivity index (χ3n) is 4.93. The highest BCUT2D eigenvalue weighted by Gasteiger charge is 2.14. The van der Waals surface area contributed by atoms with Gasteiger partial charge in [-0.2, -0.15) is 5.10 Å². The Balaban J connectivity index is 1.74. The summed E-state index contributed by atoms with van der Waals surface area (Å²) in [5, 5.41) is 6.72. The lowest BCUT2D eigenvalue weighted by Crippen LogP contribution is -2.02. The molecule has 4 rings (SSSR count). The lowest BCUT2D eigenvalue weighted by atomic mass is 10.0. The molecule has 0 aliphatic carbocycles. The third-order valence-corrected chi connectivity index (χ3v) is 5.89. The number of nitrogens with zero attached hydrogens (tertiary/aromatic N) is 4. The summed E-state index contributed by atoms with van der Waals surface area (Å²) >= 11 is 6.35. The molecule has 9 heteroatoms. The number of benzene rings is 1. The Kier molecular flexibility index (Phi) is 5.99. The average Bonchev–Trinajstić information content (AvgIpc) is 3.16. The normalized spacial score (nSPS) is 12.0. The summed E-state index contributed by atoms with van der Waals surface area (Å²) in [6.45, 7) is 2.06. The van der Waals surface area contributed by atoms with Gasteiger partial charge < -0.3 is 4.74 Å². The molecule has 3 aromatic heterocycles. The van der Waals surface area contributed by atoms with E-state index in [9.17, 15) is 8.42 Å². The van der Waals surface area contributed by atoms with Crippen LogP contribution in [0.4, 0.5) is 0 Å². The Labute approximate surface area is 191 Å². The first kappa shape index (κ1) is 22.0. The second kappa shape index (κ2) is 8.72. The first-order valence-corrected chi connectivity index (χ1v) is 12.1. The maximum absolute atomic E-state index is 11.5. The molecule has 164 valence electrons. The molecule has 32 heavy (non-hydrogen) atoms. The van der Waals surface area contributed by atoms with Crippen molar-refractivity contribution in [2.45, 2.75) is 13.5 Å². The SMILES string of the molecule is Cc1cc(-c2ccnn2C)c2cccc(OCc3c(Cl)cncc3/C=C/S(C)(=O)=O)c2n1. The summed E-state index contributed by atoms with van der Waals surface area (Å²) in [7, 11) is -1.39. The van der Waals surface area contributed by atoms with Crippen molar-refractivity contribution < 1.29 is 13.2 Å². The highest BCUT2D eigenvalue weighted by molar-refractivity contribution is 7.93. The summed E-state index contributed by atoms with van der Waals surface area (Å²) in [4.78, 5) is 8.76. The van der Waals surface area contributed by atoms with Gasteiger partial charge in [0, 0.05) is 65.1 Å². The molecule has 0 N–H and O–H groups in total. The molecule has 0 radical (unpaired) electrons. The predicted molar refractivity (Wildman–Crippen MR) is 126 cm³/mol. The number of aromatic nitrogens is 4. The number of hydrogen-bond donors (Lipinski definition) is 0. The molecule has 0 bridgehead atoms. The van der Waals surface area contributed by atoms with E-state index < -0.39 is 9.84 Å². The first-order chi connectivity index (χ1) is 15.2. The minimum atomic E-state index is -3.29. The largest absolute Gasteiger partial charge is 0.487 e. The fourth-order valence-corrected chi connectivity index (χ4v) is 4.05. The van der Waals surface area contributed by atoms with Crippen LogP contribution in [0.25, 0.3) is 28.2 Å². The van der Waals surface area contributed by atoms with Crippen molar-refractivity contribution >= 4 is 38.4 Å². The average molecular weight is 469 g/mol. The molecule has 0 saturated carbocycles. The minimum absolute atomic E-state index is 0.126. The van der Waals surface area contributed by atoms with Gasteiger partial charge >= 0.3 is 0 Å². The molecule has 0 atom stereocenters. The van der Waals surface area contributed by atoms with Crippen LogP contribution in [0.5, 0.6) is 5.75 Å². The van der Waals surface area contributed by atoms with Gasteiger partial charge in [0.25, 0.3) is 0 Å². The van der Waals surface area contributed by atoms with Gasteiger partial charge in [-0.3, -0.25) is 9.67 Å². The van der Waals surface area contributed by atoms with Crippen molar-refractivity contribution in [2.24, 2.45) is 7.05 Å². The molecule has 0 unspecified atom stereocenters. The zero-order chi connectivity index (χ0) is 22.9. The summed E-state index contributed by atoms with van der Waals surface area (Å²) in [5.74, 6) is 0.598. The molecule has 0 fully saturated rings. The van der Waals surface area contributed by atoms with Gasteiger partial charge in [-0.15, -0.1) is 0 Å². The molecule has 3 heterocycles. The standard InChI is InChI=1S/C23H21ClN4O3S/c1-15-11-18(21-7-9-26-28(21)2)17-5-4-6-22(23(17)27-15)31-14-19-16(8-10-32(3,29)30)12-25-13-20(19)24/h4-13H,14H2,1-3H3/b10-8+. The van der Waals surface area contributed by atoms with Crippen molar-refractivity contribution in [3.63, 3.8) is 0 Å². The van der Waals surface area contributed by atoms with Gasteiger partial charge in [0.15, 0.2) is 9.84 Å². The van der Waals surface area contributed by atoms with Crippen LogP contribution in [-0.4, -0.2) is 34.4 Å². The number of halogens is 1. The topological polar surface area (TPSA) is 87.0 Å². The van der Waals surface area contributed by atoms with E-state index in [-0.39, 0.29) is 6.61 Å². The summed E-state index contributed by atoms with van der Waals surface area (Å²) in [6.07, 6.45) is 7.41. The van der Waals surface area contributed by atoms with E-state index in [2.05, 4.69) is 10.1 Å². The maximum Gasteiger partial charge on any atom is 0.168 e.